The molecule has 1 aromatic carbocycles. The first-order valence-electron chi connectivity index (χ1n) is 5.64. The second kappa shape index (κ2) is 4.95. The molecule has 0 amide bonds. The second-order valence-corrected chi connectivity index (χ2v) is 4.15. The Balaban J connectivity index is 2.33. The van der Waals surface area contributed by atoms with Gasteiger partial charge in [0, 0.05) is 6.42 Å². The first-order chi connectivity index (χ1) is 8.58. The van der Waals surface area contributed by atoms with E-state index in [1.165, 1.54) is 0 Å². The summed E-state index contributed by atoms with van der Waals surface area (Å²) in [4.78, 5) is 10.6. The van der Waals surface area contributed by atoms with Crippen LogP contribution in [0.5, 0.6) is 0 Å². The van der Waals surface area contributed by atoms with E-state index in [1.54, 1.807) is 4.68 Å². The van der Waals surface area contributed by atoms with Crippen LogP contribution in [0.2, 0.25) is 0 Å². The van der Waals surface area contributed by atoms with Gasteiger partial charge in [0.1, 0.15) is 0 Å². The Labute approximate surface area is 104 Å². The van der Waals surface area contributed by atoms with Crippen molar-refractivity contribution >= 4 is 5.97 Å². The molecule has 6 heteroatoms. The quantitative estimate of drug-likeness (QED) is 0.879. The summed E-state index contributed by atoms with van der Waals surface area (Å²) in [7, 11) is 0. The molecule has 1 aromatic heterocycles. The number of aromatic nitrogens is 4. The zero-order valence-electron chi connectivity index (χ0n) is 10.3. The average molecular weight is 246 g/mol. The first-order valence-corrected chi connectivity index (χ1v) is 5.64. The van der Waals surface area contributed by atoms with Crippen LogP contribution in [0.1, 0.15) is 23.4 Å². The van der Waals surface area contributed by atoms with Crippen molar-refractivity contribution in [1.82, 2.24) is 20.2 Å². The number of hydrogen-bond acceptors (Lipinski definition) is 4. The summed E-state index contributed by atoms with van der Waals surface area (Å²) in [6.45, 7) is 3.79. The van der Waals surface area contributed by atoms with E-state index in [2.05, 4.69) is 15.5 Å². The van der Waals surface area contributed by atoms with Crippen LogP contribution in [-0.2, 0) is 11.2 Å². The molecule has 0 aliphatic rings. The molecule has 0 aliphatic carbocycles. The van der Waals surface area contributed by atoms with Crippen LogP contribution >= 0.6 is 0 Å². The molecule has 0 radical (unpaired) electrons. The van der Waals surface area contributed by atoms with Crippen molar-refractivity contribution in [2.45, 2.75) is 26.7 Å². The van der Waals surface area contributed by atoms with E-state index < -0.39 is 5.97 Å². The summed E-state index contributed by atoms with van der Waals surface area (Å²) in [5.41, 5.74) is 2.90. The summed E-state index contributed by atoms with van der Waals surface area (Å²) in [6.07, 6.45) is 0.626. The van der Waals surface area contributed by atoms with Gasteiger partial charge in [-0.2, -0.15) is 4.68 Å². The number of tetrazole rings is 1. The minimum atomic E-state index is -0.796. The zero-order valence-corrected chi connectivity index (χ0v) is 10.3. The van der Waals surface area contributed by atoms with Gasteiger partial charge in [0.15, 0.2) is 5.82 Å². The van der Waals surface area contributed by atoms with Crippen LogP contribution in [0.25, 0.3) is 5.69 Å². The highest BCUT2D eigenvalue weighted by atomic mass is 16.4. The molecule has 0 spiro atoms. The number of aliphatic carboxylic acids is 1. The summed E-state index contributed by atoms with van der Waals surface area (Å²) in [6, 6.07) is 5.82. The number of rotatable bonds is 4. The lowest BCUT2D eigenvalue weighted by Gasteiger charge is -2.08. The van der Waals surface area contributed by atoms with E-state index >= 15 is 0 Å². The fraction of sp³-hybridized carbons (Fsp3) is 0.333. The topological polar surface area (TPSA) is 80.9 Å². The van der Waals surface area contributed by atoms with E-state index in [-0.39, 0.29) is 6.42 Å². The summed E-state index contributed by atoms with van der Waals surface area (Å²) >= 11 is 0. The molecule has 0 saturated heterocycles. The van der Waals surface area contributed by atoms with Crippen molar-refractivity contribution in [3.63, 3.8) is 0 Å². The van der Waals surface area contributed by atoms with E-state index in [4.69, 9.17) is 5.11 Å². The van der Waals surface area contributed by atoms with Crippen molar-refractivity contribution in [1.29, 1.82) is 0 Å². The largest absolute Gasteiger partial charge is 0.481 e. The Kier molecular flexibility index (Phi) is 3.36. The minimum Gasteiger partial charge on any atom is -0.481 e. The van der Waals surface area contributed by atoms with Gasteiger partial charge in [0.25, 0.3) is 0 Å². The summed E-state index contributed by atoms with van der Waals surface area (Å²) in [5.74, 6) is -0.0933. The molecular weight excluding hydrogens is 232 g/mol. The maximum atomic E-state index is 10.6. The molecule has 1 heterocycles. The van der Waals surface area contributed by atoms with Crippen LogP contribution in [0, 0.1) is 13.8 Å². The number of nitrogens with zero attached hydrogens (tertiary/aromatic N) is 4. The molecule has 94 valence electrons. The predicted octanol–water partition coefficient (Wildman–Crippen LogP) is 1.30. The van der Waals surface area contributed by atoms with Crippen LogP contribution in [0.4, 0.5) is 0 Å². The van der Waals surface area contributed by atoms with Gasteiger partial charge >= 0.3 is 5.97 Å². The molecule has 6 nitrogen and oxygen atoms in total. The molecule has 2 rings (SSSR count). The van der Waals surface area contributed by atoms with Crippen molar-refractivity contribution < 1.29 is 9.90 Å². The Morgan fingerprint density at radius 3 is 2.78 bits per heavy atom. The lowest BCUT2D eigenvalue weighted by atomic mass is 10.1. The van der Waals surface area contributed by atoms with E-state index in [1.807, 2.05) is 32.0 Å². The van der Waals surface area contributed by atoms with Gasteiger partial charge in [-0.25, -0.2) is 0 Å². The van der Waals surface area contributed by atoms with Gasteiger partial charge in [0.2, 0.25) is 0 Å². The molecule has 0 bridgehead atoms. The average Bonchev–Trinajstić information content (AvgIpc) is 2.74. The fourth-order valence-electron chi connectivity index (χ4n) is 1.74. The fourth-order valence-corrected chi connectivity index (χ4v) is 1.74. The smallest absolute Gasteiger partial charge is 0.303 e. The van der Waals surface area contributed by atoms with Gasteiger partial charge in [-0.3, -0.25) is 4.79 Å². The number of carbonyl (C=O) groups is 1. The molecule has 2 aromatic rings. The van der Waals surface area contributed by atoms with Gasteiger partial charge in [0.05, 0.1) is 5.69 Å². The standard InChI is InChI=1S/C12H14N4O2/c1-8-3-4-10(5-6-12(17)18)7-11(8)16-9(2)13-14-15-16/h3-4,7H,5-6H2,1-2H3,(H,17,18). The lowest BCUT2D eigenvalue weighted by Crippen LogP contribution is -2.04. The second-order valence-electron chi connectivity index (χ2n) is 4.15. The van der Waals surface area contributed by atoms with Crippen molar-refractivity contribution in [2.24, 2.45) is 0 Å². The number of aryl methyl sites for hydroxylation is 3. The Morgan fingerprint density at radius 2 is 2.17 bits per heavy atom. The summed E-state index contributed by atoms with van der Waals surface area (Å²) in [5, 5.41) is 20.1. The SMILES string of the molecule is Cc1ccc(CCC(=O)O)cc1-n1nnnc1C. The van der Waals surface area contributed by atoms with Crippen molar-refractivity contribution in [3.05, 3.63) is 35.2 Å². The van der Waals surface area contributed by atoms with E-state index in [9.17, 15) is 4.79 Å². The Bertz CT molecular complexity index is 577. The van der Waals surface area contributed by atoms with E-state index in [0.717, 1.165) is 16.8 Å². The molecular formula is C12H14N4O2. The van der Waals surface area contributed by atoms with Gasteiger partial charge in [-0.05, 0) is 47.9 Å². The highest BCUT2D eigenvalue weighted by Crippen LogP contribution is 2.17. The van der Waals surface area contributed by atoms with Crippen LogP contribution in [0.3, 0.4) is 0 Å². The van der Waals surface area contributed by atoms with E-state index in [0.29, 0.717) is 12.2 Å². The molecule has 0 unspecified atom stereocenters. The third-order valence-corrected chi connectivity index (χ3v) is 2.75. The van der Waals surface area contributed by atoms with Crippen LogP contribution in [0.15, 0.2) is 18.2 Å². The van der Waals surface area contributed by atoms with Gasteiger partial charge in [-0.15, -0.1) is 5.10 Å². The normalized spacial score (nSPS) is 10.6. The highest BCUT2D eigenvalue weighted by Gasteiger charge is 2.08. The number of carboxylic acid groups (broad SMARTS) is 1. The third kappa shape index (κ3) is 2.53. The monoisotopic (exact) mass is 246 g/mol. The van der Waals surface area contributed by atoms with Crippen LogP contribution < -0.4 is 0 Å². The zero-order chi connectivity index (χ0) is 13.1. The molecule has 18 heavy (non-hydrogen) atoms. The Hall–Kier alpha value is -2.24. The maximum absolute atomic E-state index is 10.6. The van der Waals surface area contributed by atoms with Crippen molar-refractivity contribution in [2.75, 3.05) is 0 Å². The first kappa shape index (κ1) is 12.2. The molecule has 0 saturated carbocycles. The number of hydrogen-bond donors (Lipinski definition) is 1. The number of carboxylic acids is 1. The molecule has 0 aliphatic heterocycles. The van der Waals surface area contributed by atoms with Gasteiger partial charge in [-0.1, -0.05) is 12.1 Å². The summed E-state index contributed by atoms with van der Waals surface area (Å²) < 4.78 is 1.65. The van der Waals surface area contributed by atoms with Gasteiger partial charge < -0.3 is 5.11 Å². The van der Waals surface area contributed by atoms with Crippen molar-refractivity contribution in [3.8, 4) is 5.69 Å². The maximum Gasteiger partial charge on any atom is 0.303 e. The third-order valence-electron chi connectivity index (χ3n) is 2.75. The number of benzene rings is 1. The minimum absolute atomic E-state index is 0.122. The molecule has 0 fully saturated rings. The Morgan fingerprint density at radius 1 is 1.39 bits per heavy atom. The highest BCUT2D eigenvalue weighted by molar-refractivity contribution is 5.67. The van der Waals surface area contributed by atoms with Crippen LogP contribution in [-0.4, -0.2) is 31.3 Å². The lowest BCUT2D eigenvalue weighted by molar-refractivity contribution is -0.136. The predicted molar refractivity (Wildman–Crippen MR) is 64.6 cm³/mol. The molecule has 1 N–H and O–H groups in total. The molecule has 0 atom stereocenters.